The number of ether oxygens (including phenoxy) is 2. The van der Waals surface area contributed by atoms with Gasteiger partial charge in [0.15, 0.2) is 6.29 Å². The number of benzene rings is 1. The van der Waals surface area contributed by atoms with E-state index < -0.39 is 12.2 Å². The smallest absolute Gasteiger partial charge is 0.257 e. The van der Waals surface area contributed by atoms with Crippen molar-refractivity contribution < 1.29 is 24.2 Å². The summed E-state index contributed by atoms with van der Waals surface area (Å²) in [6.45, 7) is 7.80. The molecule has 8 nitrogen and oxygen atoms in total. The molecule has 1 aromatic carbocycles. The van der Waals surface area contributed by atoms with Crippen LogP contribution in [0.4, 0.5) is 0 Å². The molecule has 0 bridgehead atoms. The third-order valence-electron chi connectivity index (χ3n) is 6.25. The number of nitrogens with zero attached hydrogens (tertiary/aromatic N) is 2. The van der Waals surface area contributed by atoms with E-state index in [0.717, 1.165) is 22.0 Å². The summed E-state index contributed by atoms with van der Waals surface area (Å²) in [5.41, 5.74) is 4.39. The quantitative estimate of drug-likeness (QED) is 0.301. The molecule has 0 radical (unpaired) electrons. The van der Waals surface area contributed by atoms with E-state index in [9.17, 15) is 19.5 Å². The molecule has 34 heavy (non-hydrogen) atoms. The van der Waals surface area contributed by atoms with E-state index >= 15 is 0 Å². The number of rotatable bonds is 9. The first-order valence-corrected chi connectivity index (χ1v) is 11.0. The van der Waals surface area contributed by atoms with E-state index in [-0.39, 0.29) is 23.3 Å². The van der Waals surface area contributed by atoms with Crippen LogP contribution in [0, 0.1) is 0 Å². The maximum absolute atomic E-state index is 13.3. The van der Waals surface area contributed by atoms with Gasteiger partial charge in [0.2, 0.25) is 0 Å². The summed E-state index contributed by atoms with van der Waals surface area (Å²) < 4.78 is 12.7. The minimum Gasteiger partial charge on any atom is -0.486 e. The zero-order valence-corrected chi connectivity index (χ0v) is 19.3. The fraction of sp³-hybridized carbons (Fsp3) is 0.308. The Bertz CT molecular complexity index is 1370. The predicted octanol–water partition coefficient (Wildman–Crippen LogP) is 2.89. The van der Waals surface area contributed by atoms with Gasteiger partial charge in [-0.1, -0.05) is 13.5 Å². The number of pyridine rings is 2. The van der Waals surface area contributed by atoms with E-state index in [1.807, 2.05) is 19.1 Å². The third kappa shape index (κ3) is 3.85. The van der Waals surface area contributed by atoms with Crippen LogP contribution < -0.4 is 10.3 Å². The van der Waals surface area contributed by atoms with Gasteiger partial charge in [0.25, 0.3) is 5.56 Å². The molecule has 1 N–H and O–H groups in total. The highest BCUT2D eigenvalue weighted by Gasteiger charge is 2.29. The number of methoxy groups -OCH3 is 1. The van der Waals surface area contributed by atoms with Gasteiger partial charge in [-0.3, -0.25) is 9.59 Å². The van der Waals surface area contributed by atoms with E-state index in [2.05, 4.69) is 6.58 Å². The van der Waals surface area contributed by atoms with Crippen LogP contribution in [0.1, 0.15) is 42.2 Å². The van der Waals surface area contributed by atoms with Crippen LogP contribution in [0.3, 0.4) is 0 Å². The molecular formula is C26H26N2O6. The van der Waals surface area contributed by atoms with Crippen molar-refractivity contribution in [1.82, 2.24) is 9.55 Å². The standard InChI is InChI=1S/C26H26N2O6/c1-5-17-18-8-16(34-15(3)14(2)11-29)6-7-22(18)27-25-20(17)10-28-23(25)9-19(24(31)12-30)21(13-33-4)26(28)32/h6-9,11-12,15,24,31H,2,5,10,13H2,1,3-4H3. The average Bonchev–Trinajstić information content (AvgIpc) is 3.21. The lowest BCUT2D eigenvalue weighted by Crippen LogP contribution is -2.26. The number of aliphatic hydroxyl groups is 1. The van der Waals surface area contributed by atoms with Gasteiger partial charge < -0.3 is 23.9 Å². The van der Waals surface area contributed by atoms with Crippen LogP contribution in [-0.2, 0) is 33.9 Å². The summed E-state index contributed by atoms with van der Waals surface area (Å²) >= 11 is 0. The Morgan fingerprint density at radius 3 is 2.71 bits per heavy atom. The number of carbonyl (C=O) groups is 2. The minimum atomic E-state index is -1.43. The third-order valence-corrected chi connectivity index (χ3v) is 6.25. The molecule has 2 unspecified atom stereocenters. The molecular weight excluding hydrogens is 436 g/mol. The van der Waals surface area contributed by atoms with Crippen molar-refractivity contribution in [3.05, 3.63) is 69.0 Å². The number of carbonyl (C=O) groups excluding carboxylic acids is 2. The highest BCUT2D eigenvalue weighted by atomic mass is 16.5. The molecule has 2 atom stereocenters. The number of aromatic nitrogens is 2. The Balaban J connectivity index is 1.89. The number of aliphatic hydroxyl groups excluding tert-OH is 1. The van der Waals surface area contributed by atoms with E-state index in [1.165, 1.54) is 7.11 Å². The van der Waals surface area contributed by atoms with Crippen LogP contribution in [0.5, 0.6) is 5.75 Å². The van der Waals surface area contributed by atoms with Gasteiger partial charge >= 0.3 is 0 Å². The van der Waals surface area contributed by atoms with Crippen molar-refractivity contribution in [1.29, 1.82) is 0 Å². The molecule has 2 aromatic heterocycles. The second-order valence-electron chi connectivity index (χ2n) is 8.27. The first-order valence-electron chi connectivity index (χ1n) is 11.0. The SMILES string of the molecule is C=C(C=O)C(C)Oc1ccc2nc3c(c(CC)c2c1)Cn1c-3cc(C(O)C=O)c(COC)c1=O. The zero-order chi connectivity index (χ0) is 24.6. The Hall–Kier alpha value is -3.62. The average molecular weight is 463 g/mol. The lowest BCUT2D eigenvalue weighted by molar-refractivity contribution is -0.115. The number of hydrogen-bond donors (Lipinski definition) is 1. The van der Waals surface area contributed by atoms with Gasteiger partial charge in [0.05, 0.1) is 30.1 Å². The molecule has 0 amide bonds. The molecule has 1 aliphatic rings. The number of aldehydes is 2. The number of fused-ring (bicyclic) bond motifs is 4. The van der Waals surface area contributed by atoms with Crippen molar-refractivity contribution >= 4 is 23.5 Å². The topological polar surface area (TPSA) is 108 Å². The molecule has 0 saturated carbocycles. The number of hydrogen-bond acceptors (Lipinski definition) is 7. The second kappa shape index (κ2) is 9.32. The Labute approximate surface area is 196 Å². The van der Waals surface area contributed by atoms with Gasteiger partial charge in [-0.15, -0.1) is 0 Å². The monoisotopic (exact) mass is 462 g/mol. The first kappa shape index (κ1) is 23.5. The van der Waals surface area contributed by atoms with Gasteiger partial charge in [-0.25, -0.2) is 4.98 Å². The van der Waals surface area contributed by atoms with Crippen LogP contribution in [0.2, 0.25) is 0 Å². The minimum absolute atomic E-state index is 0.0172. The molecule has 3 heterocycles. The van der Waals surface area contributed by atoms with Crippen molar-refractivity contribution in [3.8, 4) is 17.1 Å². The molecule has 1 aliphatic heterocycles. The van der Waals surface area contributed by atoms with E-state index in [1.54, 1.807) is 23.6 Å². The van der Waals surface area contributed by atoms with Gasteiger partial charge in [-0.2, -0.15) is 0 Å². The maximum atomic E-state index is 13.3. The molecule has 0 aliphatic carbocycles. The molecule has 3 aromatic rings. The highest BCUT2D eigenvalue weighted by Crippen LogP contribution is 2.38. The van der Waals surface area contributed by atoms with Crippen molar-refractivity contribution in [2.45, 2.75) is 45.6 Å². The fourth-order valence-corrected chi connectivity index (χ4v) is 4.43. The van der Waals surface area contributed by atoms with Crippen molar-refractivity contribution in [2.75, 3.05) is 7.11 Å². The maximum Gasteiger partial charge on any atom is 0.257 e. The van der Waals surface area contributed by atoms with Crippen molar-refractivity contribution in [3.63, 3.8) is 0 Å². The first-order chi connectivity index (χ1) is 16.3. The van der Waals surface area contributed by atoms with E-state index in [0.29, 0.717) is 48.2 Å². The molecule has 176 valence electrons. The zero-order valence-electron chi connectivity index (χ0n) is 19.3. The van der Waals surface area contributed by atoms with Crippen LogP contribution in [0.25, 0.3) is 22.3 Å². The Morgan fingerprint density at radius 1 is 1.29 bits per heavy atom. The van der Waals surface area contributed by atoms with Crippen LogP contribution in [0.15, 0.2) is 41.2 Å². The number of aryl methyl sites for hydroxylation is 1. The molecule has 4 rings (SSSR count). The van der Waals surface area contributed by atoms with Crippen LogP contribution in [-0.4, -0.2) is 40.4 Å². The van der Waals surface area contributed by atoms with Crippen LogP contribution >= 0.6 is 0 Å². The van der Waals surface area contributed by atoms with Gasteiger partial charge in [0.1, 0.15) is 24.2 Å². The largest absolute Gasteiger partial charge is 0.486 e. The summed E-state index contributed by atoms with van der Waals surface area (Å²) in [4.78, 5) is 40.4. The van der Waals surface area contributed by atoms with E-state index in [4.69, 9.17) is 14.5 Å². The van der Waals surface area contributed by atoms with Gasteiger partial charge in [-0.05, 0) is 43.2 Å². The molecule has 8 heteroatoms. The molecule has 0 fully saturated rings. The molecule has 0 saturated heterocycles. The summed E-state index contributed by atoms with van der Waals surface area (Å²) in [5, 5.41) is 11.1. The Morgan fingerprint density at radius 2 is 2.06 bits per heavy atom. The lowest BCUT2D eigenvalue weighted by atomic mass is 9.98. The normalized spacial score (nSPS) is 13.8. The summed E-state index contributed by atoms with van der Waals surface area (Å²) in [5.74, 6) is 0.589. The summed E-state index contributed by atoms with van der Waals surface area (Å²) in [6, 6.07) is 7.16. The Kier molecular flexibility index (Phi) is 6.45. The highest BCUT2D eigenvalue weighted by molar-refractivity contribution is 5.89. The second-order valence-corrected chi connectivity index (χ2v) is 8.27. The predicted molar refractivity (Wildman–Crippen MR) is 127 cm³/mol. The fourth-order valence-electron chi connectivity index (χ4n) is 4.43. The molecule has 0 spiro atoms. The van der Waals surface area contributed by atoms with Crippen molar-refractivity contribution in [2.24, 2.45) is 0 Å². The van der Waals surface area contributed by atoms with Gasteiger partial charge in [0, 0.05) is 34.8 Å². The summed E-state index contributed by atoms with van der Waals surface area (Å²) in [7, 11) is 1.46. The lowest BCUT2D eigenvalue weighted by Gasteiger charge is -2.16. The summed E-state index contributed by atoms with van der Waals surface area (Å²) in [6.07, 6.45) is -0.124.